The summed E-state index contributed by atoms with van der Waals surface area (Å²) >= 11 is 6.05. The van der Waals surface area contributed by atoms with Gasteiger partial charge in [-0.3, -0.25) is 9.59 Å². The van der Waals surface area contributed by atoms with E-state index < -0.39 is 17.3 Å². The second-order valence-corrected chi connectivity index (χ2v) is 8.31. The monoisotopic (exact) mass is 491 g/mol. The number of carbonyl (C=O) groups is 1. The number of halogens is 4. The van der Waals surface area contributed by atoms with E-state index in [4.69, 9.17) is 11.6 Å². The molecule has 1 aliphatic rings. The Labute approximate surface area is 198 Å². The van der Waals surface area contributed by atoms with Gasteiger partial charge in [0.05, 0.1) is 5.56 Å². The van der Waals surface area contributed by atoms with E-state index in [2.05, 4.69) is 20.1 Å². The molecule has 3 aromatic rings. The highest BCUT2D eigenvalue weighted by atomic mass is 35.5. The molecule has 1 N–H and O–H groups in total. The number of piperazine rings is 1. The van der Waals surface area contributed by atoms with E-state index in [9.17, 15) is 22.8 Å². The SMILES string of the molecule is O=C(CCc1nnc(-c2ccc(C(F)(F)F)cc2)[nH]c1=O)N1CCN(c2cccc(Cl)c2)CC1. The lowest BCUT2D eigenvalue weighted by Crippen LogP contribution is -2.48. The molecule has 178 valence electrons. The molecule has 4 rings (SSSR count). The summed E-state index contributed by atoms with van der Waals surface area (Å²) in [5.74, 6) is -0.0234. The van der Waals surface area contributed by atoms with Gasteiger partial charge >= 0.3 is 6.18 Å². The molecule has 1 fully saturated rings. The summed E-state index contributed by atoms with van der Waals surface area (Å²) in [6.45, 7) is 2.46. The van der Waals surface area contributed by atoms with E-state index in [0.717, 1.165) is 17.8 Å². The van der Waals surface area contributed by atoms with Crippen molar-refractivity contribution < 1.29 is 18.0 Å². The smallest absolute Gasteiger partial charge is 0.368 e. The number of H-pyrrole nitrogens is 1. The van der Waals surface area contributed by atoms with E-state index in [1.807, 2.05) is 24.3 Å². The van der Waals surface area contributed by atoms with E-state index in [1.54, 1.807) is 4.90 Å². The third-order valence-electron chi connectivity index (χ3n) is 5.63. The number of alkyl halides is 3. The minimum absolute atomic E-state index is 0.0611. The van der Waals surface area contributed by atoms with Crippen molar-refractivity contribution in [2.75, 3.05) is 31.1 Å². The molecule has 0 saturated carbocycles. The first-order chi connectivity index (χ1) is 16.2. The third-order valence-corrected chi connectivity index (χ3v) is 5.87. The van der Waals surface area contributed by atoms with Crippen LogP contribution in [-0.2, 0) is 17.4 Å². The Morgan fingerprint density at radius 1 is 1.03 bits per heavy atom. The van der Waals surface area contributed by atoms with Crippen molar-refractivity contribution in [3.8, 4) is 11.4 Å². The zero-order valence-corrected chi connectivity index (χ0v) is 18.7. The number of aromatic nitrogens is 3. The van der Waals surface area contributed by atoms with Crippen LogP contribution in [0.25, 0.3) is 11.4 Å². The van der Waals surface area contributed by atoms with Crippen molar-refractivity contribution in [1.82, 2.24) is 20.1 Å². The molecule has 1 aromatic heterocycles. The zero-order valence-electron chi connectivity index (χ0n) is 18.0. The van der Waals surface area contributed by atoms with Gasteiger partial charge in [-0.05, 0) is 30.3 Å². The molecule has 1 aliphatic heterocycles. The lowest BCUT2D eigenvalue weighted by Gasteiger charge is -2.36. The first kappa shape index (κ1) is 23.7. The number of benzene rings is 2. The number of amides is 1. The van der Waals surface area contributed by atoms with Crippen LogP contribution in [0.5, 0.6) is 0 Å². The summed E-state index contributed by atoms with van der Waals surface area (Å²) in [6.07, 6.45) is -4.23. The number of aromatic amines is 1. The highest BCUT2D eigenvalue weighted by Crippen LogP contribution is 2.30. The molecule has 2 aromatic carbocycles. The number of hydrogen-bond donors (Lipinski definition) is 1. The third kappa shape index (κ3) is 5.56. The van der Waals surface area contributed by atoms with Crippen LogP contribution < -0.4 is 10.5 Å². The average molecular weight is 492 g/mol. The van der Waals surface area contributed by atoms with Crippen LogP contribution >= 0.6 is 11.6 Å². The predicted octanol–water partition coefficient (Wildman–Crippen LogP) is 3.79. The van der Waals surface area contributed by atoms with Gasteiger partial charge in [-0.1, -0.05) is 29.8 Å². The molecule has 0 atom stereocenters. The molecule has 0 unspecified atom stereocenters. The Morgan fingerprint density at radius 2 is 1.74 bits per heavy atom. The van der Waals surface area contributed by atoms with E-state index >= 15 is 0 Å². The Bertz CT molecular complexity index is 1220. The fourth-order valence-corrected chi connectivity index (χ4v) is 3.93. The predicted molar refractivity (Wildman–Crippen MR) is 122 cm³/mol. The van der Waals surface area contributed by atoms with Crippen LogP contribution in [0.2, 0.25) is 5.02 Å². The van der Waals surface area contributed by atoms with Gasteiger partial charge in [-0.15, -0.1) is 10.2 Å². The van der Waals surface area contributed by atoms with Crippen LogP contribution in [0.1, 0.15) is 17.7 Å². The van der Waals surface area contributed by atoms with E-state index in [1.165, 1.54) is 12.1 Å². The van der Waals surface area contributed by atoms with Crippen molar-refractivity contribution in [1.29, 1.82) is 0 Å². The summed E-state index contributed by atoms with van der Waals surface area (Å²) < 4.78 is 38.1. The number of carbonyl (C=O) groups excluding carboxylic acids is 1. The molecule has 1 amide bonds. The van der Waals surface area contributed by atoms with Gasteiger partial charge in [0.1, 0.15) is 5.69 Å². The molecule has 1 saturated heterocycles. The van der Waals surface area contributed by atoms with Gasteiger partial charge in [-0.25, -0.2) is 0 Å². The van der Waals surface area contributed by atoms with Gasteiger partial charge in [0, 0.05) is 55.3 Å². The molecule has 34 heavy (non-hydrogen) atoms. The minimum Gasteiger partial charge on any atom is -0.368 e. The lowest BCUT2D eigenvalue weighted by atomic mass is 10.1. The Hall–Kier alpha value is -3.40. The van der Waals surface area contributed by atoms with Crippen LogP contribution in [0.4, 0.5) is 18.9 Å². The second kappa shape index (κ2) is 9.84. The Morgan fingerprint density at radius 3 is 2.35 bits per heavy atom. The summed E-state index contributed by atoms with van der Waals surface area (Å²) in [6, 6.07) is 11.8. The van der Waals surface area contributed by atoms with Crippen LogP contribution in [0, 0.1) is 0 Å². The second-order valence-electron chi connectivity index (χ2n) is 7.87. The lowest BCUT2D eigenvalue weighted by molar-refractivity contribution is -0.137. The molecule has 11 heteroatoms. The number of rotatable bonds is 5. The molecule has 0 radical (unpaired) electrons. The maximum absolute atomic E-state index is 12.7. The fourth-order valence-electron chi connectivity index (χ4n) is 3.74. The minimum atomic E-state index is -4.45. The van der Waals surface area contributed by atoms with Gasteiger partial charge in [0.2, 0.25) is 5.91 Å². The van der Waals surface area contributed by atoms with Crippen molar-refractivity contribution >= 4 is 23.2 Å². The van der Waals surface area contributed by atoms with E-state index in [-0.39, 0.29) is 30.3 Å². The number of hydrogen-bond acceptors (Lipinski definition) is 5. The first-order valence-electron chi connectivity index (χ1n) is 10.6. The summed E-state index contributed by atoms with van der Waals surface area (Å²) in [5, 5.41) is 8.47. The van der Waals surface area contributed by atoms with E-state index in [0.29, 0.717) is 36.8 Å². The molecule has 0 bridgehead atoms. The standard InChI is InChI=1S/C23H21ClF3N5O2/c24-17-2-1-3-18(14-17)31-10-12-32(13-11-31)20(33)9-8-19-22(34)28-21(30-29-19)15-4-6-16(7-5-15)23(25,26)27/h1-7,14H,8-13H2,(H,28,30,34). The number of aryl methyl sites for hydroxylation is 1. The molecular formula is C23H21ClF3N5O2. The van der Waals surface area contributed by atoms with Crippen LogP contribution in [0.15, 0.2) is 53.3 Å². The Balaban J connectivity index is 1.32. The topological polar surface area (TPSA) is 82.2 Å². The number of nitrogens with zero attached hydrogens (tertiary/aromatic N) is 4. The average Bonchev–Trinajstić information content (AvgIpc) is 2.83. The molecular weight excluding hydrogens is 471 g/mol. The first-order valence-corrected chi connectivity index (χ1v) is 11.0. The largest absolute Gasteiger partial charge is 0.416 e. The molecule has 0 spiro atoms. The quantitative estimate of drug-likeness (QED) is 0.587. The molecule has 0 aliphatic carbocycles. The number of nitrogens with one attached hydrogen (secondary N) is 1. The summed E-state index contributed by atoms with van der Waals surface area (Å²) in [4.78, 5) is 31.4. The van der Waals surface area contributed by atoms with Gasteiger partial charge < -0.3 is 14.8 Å². The van der Waals surface area contributed by atoms with Crippen LogP contribution in [-0.4, -0.2) is 52.2 Å². The van der Waals surface area contributed by atoms with Crippen molar-refractivity contribution in [3.05, 3.63) is 75.2 Å². The van der Waals surface area contributed by atoms with Crippen molar-refractivity contribution in [3.63, 3.8) is 0 Å². The Kier molecular flexibility index (Phi) is 6.87. The van der Waals surface area contributed by atoms with Gasteiger partial charge in [-0.2, -0.15) is 13.2 Å². The maximum Gasteiger partial charge on any atom is 0.416 e. The summed E-state index contributed by atoms with van der Waals surface area (Å²) in [7, 11) is 0. The van der Waals surface area contributed by atoms with Gasteiger partial charge in [0.25, 0.3) is 5.56 Å². The van der Waals surface area contributed by atoms with Crippen molar-refractivity contribution in [2.24, 2.45) is 0 Å². The molecule has 2 heterocycles. The molecule has 7 nitrogen and oxygen atoms in total. The highest BCUT2D eigenvalue weighted by Gasteiger charge is 2.30. The highest BCUT2D eigenvalue weighted by molar-refractivity contribution is 6.30. The summed E-state index contributed by atoms with van der Waals surface area (Å²) in [5.41, 5.74) is 0.0903. The van der Waals surface area contributed by atoms with Crippen LogP contribution in [0.3, 0.4) is 0 Å². The number of anilines is 1. The van der Waals surface area contributed by atoms with Gasteiger partial charge in [0.15, 0.2) is 5.82 Å². The maximum atomic E-state index is 12.7. The zero-order chi connectivity index (χ0) is 24.3. The van der Waals surface area contributed by atoms with Crippen molar-refractivity contribution in [2.45, 2.75) is 19.0 Å². The normalized spacial score (nSPS) is 14.4. The fraction of sp³-hybridized carbons (Fsp3) is 0.304.